The first-order valence-electron chi connectivity index (χ1n) is 16.9. The fourth-order valence-corrected chi connectivity index (χ4v) is 4.34. The lowest BCUT2D eigenvalue weighted by molar-refractivity contribution is -0.122. The van der Waals surface area contributed by atoms with E-state index in [2.05, 4.69) is 55.6 Å². The molecule has 0 aliphatic rings. The second-order valence-corrected chi connectivity index (χ2v) is 11.0. The quantitative estimate of drug-likeness (QED) is 0.0412. The molecule has 0 saturated heterocycles. The Morgan fingerprint density at radius 1 is 0.651 bits per heavy atom. The van der Waals surface area contributed by atoms with Crippen molar-refractivity contribution >= 4 is 5.91 Å². The Morgan fingerprint density at radius 3 is 1.88 bits per heavy atom. The van der Waals surface area contributed by atoms with Crippen molar-refractivity contribution in [2.24, 2.45) is 0 Å². The molecular weight excluding hydrogens is 534 g/mol. The average Bonchev–Trinajstić information content (AvgIpc) is 3.00. The van der Waals surface area contributed by atoms with Crippen LogP contribution < -0.4 is 5.32 Å². The largest absolute Gasteiger partial charge is 0.394 e. The molecule has 3 atom stereocenters. The molecule has 0 heterocycles. The zero-order chi connectivity index (χ0) is 31.6. The van der Waals surface area contributed by atoms with Gasteiger partial charge >= 0.3 is 0 Å². The summed E-state index contributed by atoms with van der Waals surface area (Å²) in [5, 5.41) is 32.8. The summed E-state index contributed by atoms with van der Waals surface area (Å²) >= 11 is 0. The first-order chi connectivity index (χ1) is 21.0. The number of nitrogens with one attached hydrogen (secondary N) is 1. The summed E-state index contributed by atoms with van der Waals surface area (Å²) in [5.74, 6) is -0.213. The number of carbonyl (C=O) groups is 1. The molecule has 1 unspecified atom stereocenters. The topological polar surface area (TPSA) is 89.8 Å². The maximum absolute atomic E-state index is 12.3. The van der Waals surface area contributed by atoms with E-state index in [-0.39, 0.29) is 18.9 Å². The number of carbonyl (C=O) groups excluding carboxylic acids is 1. The van der Waals surface area contributed by atoms with Crippen molar-refractivity contribution in [2.75, 3.05) is 6.61 Å². The van der Waals surface area contributed by atoms with Gasteiger partial charge in [-0.05, 0) is 51.4 Å². The van der Waals surface area contributed by atoms with Gasteiger partial charge in [0.25, 0.3) is 0 Å². The minimum atomic E-state index is -0.907. The molecule has 0 aromatic rings. The van der Waals surface area contributed by atoms with Gasteiger partial charge in [0.1, 0.15) is 0 Å². The molecule has 0 aromatic heterocycles. The van der Waals surface area contributed by atoms with Crippen molar-refractivity contribution in [3.8, 4) is 0 Å². The molecule has 4 N–H and O–H groups in total. The molecule has 0 fully saturated rings. The Hall–Kier alpha value is -2.47. The maximum Gasteiger partial charge on any atom is 0.220 e. The third-order valence-corrected chi connectivity index (χ3v) is 6.98. The second-order valence-electron chi connectivity index (χ2n) is 11.0. The van der Waals surface area contributed by atoms with Crippen LogP contribution in [0, 0.1) is 0 Å². The van der Waals surface area contributed by atoms with Crippen molar-refractivity contribution in [2.45, 2.75) is 141 Å². The Labute approximate surface area is 264 Å². The molecule has 5 nitrogen and oxygen atoms in total. The Morgan fingerprint density at radius 2 is 1.26 bits per heavy atom. The standard InChI is InChI=1S/C38H63NO4/c1-3-5-7-9-11-13-15-16-18-19-21-23-26-30-35(41)31-27-25-29-33-38(43)39-36(34-40)37(42)32-28-24-22-20-17-14-12-10-8-6-4-2/h5,7,11,13,16,18,21,23,25-28,30,32,35-37,40-42H,3-4,6,8-10,12,14-15,17,19-20,22,24,29,31,33-34H2,1-2H3,(H,39,43)/b7-5-,13-11-,18-16-,23-21-,27-25-,30-26-,32-28+/t35?,36-,37+/m0/s1. The number of hydrogen-bond donors (Lipinski definition) is 4. The lowest BCUT2D eigenvalue weighted by Gasteiger charge is -2.19. The van der Waals surface area contributed by atoms with Crippen LogP contribution >= 0.6 is 0 Å². The average molecular weight is 598 g/mol. The molecule has 0 radical (unpaired) electrons. The van der Waals surface area contributed by atoms with Gasteiger partial charge in [-0.25, -0.2) is 0 Å². The van der Waals surface area contributed by atoms with E-state index in [0.717, 1.165) is 38.5 Å². The molecule has 0 rings (SSSR count). The Bertz CT molecular complexity index is 837. The van der Waals surface area contributed by atoms with Gasteiger partial charge in [0.2, 0.25) is 5.91 Å². The predicted octanol–water partition coefficient (Wildman–Crippen LogP) is 8.75. The number of amides is 1. The Kier molecular flexibility index (Phi) is 30.6. The number of hydrogen-bond acceptors (Lipinski definition) is 4. The van der Waals surface area contributed by atoms with E-state index < -0.39 is 18.2 Å². The molecule has 0 spiro atoms. The van der Waals surface area contributed by atoms with Crippen LogP contribution in [0.15, 0.2) is 85.1 Å². The molecule has 1 amide bonds. The molecule has 0 aliphatic carbocycles. The van der Waals surface area contributed by atoms with Crippen molar-refractivity contribution in [3.63, 3.8) is 0 Å². The van der Waals surface area contributed by atoms with Crippen LogP contribution in [0.4, 0.5) is 0 Å². The molecule has 0 aliphatic heterocycles. The number of rotatable bonds is 28. The minimum Gasteiger partial charge on any atom is -0.394 e. The number of aliphatic hydroxyl groups excluding tert-OH is 3. The van der Waals surface area contributed by atoms with Crippen molar-refractivity contribution in [3.05, 3.63) is 85.1 Å². The third-order valence-electron chi connectivity index (χ3n) is 6.98. The van der Waals surface area contributed by atoms with Crippen molar-refractivity contribution in [1.82, 2.24) is 5.32 Å². The predicted molar refractivity (Wildman–Crippen MR) is 185 cm³/mol. The number of aliphatic hydroxyl groups is 3. The summed E-state index contributed by atoms with van der Waals surface area (Å²) in [6.07, 6.45) is 44.0. The normalized spacial score (nSPS) is 15.0. The molecule has 244 valence electrons. The van der Waals surface area contributed by atoms with E-state index in [1.54, 1.807) is 12.2 Å². The zero-order valence-electron chi connectivity index (χ0n) is 27.3. The van der Waals surface area contributed by atoms with E-state index >= 15 is 0 Å². The highest BCUT2D eigenvalue weighted by atomic mass is 16.3. The molecule has 0 bridgehead atoms. The second kappa shape index (κ2) is 32.4. The summed E-state index contributed by atoms with van der Waals surface area (Å²) in [7, 11) is 0. The lowest BCUT2D eigenvalue weighted by Crippen LogP contribution is -2.45. The summed E-state index contributed by atoms with van der Waals surface area (Å²) < 4.78 is 0. The van der Waals surface area contributed by atoms with Crippen LogP contribution in [0.2, 0.25) is 0 Å². The van der Waals surface area contributed by atoms with Crippen LogP contribution in [0.5, 0.6) is 0 Å². The van der Waals surface area contributed by atoms with Gasteiger partial charge in [0, 0.05) is 6.42 Å². The summed E-state index contributed by atoms with van der Waals surface area (Å²) in [6.45, 7) is 4.06. The van der Waals surface area contributed by atoms with Crippen LogP contribution in [0.3, 0.4) is 0 Å². The van der Waals surface area contributed by atoms with Crippen LogP contribution in [0.1, 0.15) is 123 Å². The molecule has 5 heteroatoms. The smallest absolute Gasteiger partial charge is 0.220 e. The van der Waals surface area contributed by atoms with Crippen LogP contribution in [0.25, 0.3) is 0 Å². The summed E-state index contributed by atoms with van der Waals surface area (Å²) in [5.41, 5.74) is 0. The highest BCUT2D eigenvalue weighted by Crippen LogP contribution is 2.11. The monoisotopic (exact) mass is 597 g/mol. The summed E-state index contributed by atoms with van der Waals surface area (Å²) in [4.78, 5) is 12.3. The van der Waals surface area contributed by atoms with E-state index in [1.807, 2.05) is 36.5 Å². The van der Waals surface area contributed by atoms with Gasteiger partial charge < -0.3 is 20.6 Å². The SMILES string of the molecule is CC/C=C\C/C=C\C/C=C\C/C=C\C=C/C(O)C/C=C\CCC(=O)N[C@@H](CO)[C@H](O)/C=C/CCCCCCCCCCC. The van der Waals surface area contributed by atoms with Crippen molar-refractivity contribution < 1.29 is 20.1 Å². The van der Waals surface area contributed by atoms with Crippen molar-refractivity contribution in [1.29, 1.82) is 0 Å². The van der Waals surface area contributed by atoms with E-state index in [4.69, 9.17) is 0 Å². The van der Waals surface area contributed by atoms with Gasteiger partial charge in [0.15, 0.2) is 0 Å². The Balaban J connectivity index is 3.99. The van der Waals surface area contributed by atoms with Gasteiger partial charge in [-0.15, -0.1) is 0 Å². The molecule has 0 saturated carbocycles. The number of unbranched alkanes of at least 4 members (excludes halogenated alkanes) is 9. The van der Waals surface area contributed by atoms with Crippen LogP contribution in [-0.4, -0.2) is 46.1 Å². The minimum absolute atomic E-state index is 0.213. The van der Waals surface area contributed by atoms with E-state index in [9.17, 15) is 20.1 Å². The van der Waals surface area contributed by atoms with Gasteiger partial charge in [-0.3, -0.25) is 4.79 Å². The first-order valence-corrected chi connectivity index (χ1v) is 16.9. The maximum atomic E-state index is 12.3. The fourth-order valence-electron chi connectivity index (χ4n) is 4.34. The lowest BCUT2D eigenvalue weighted by atomic mass is 10.1. The van der Waals surface area contributed by atoms with Crippen LogP contribution in [-0.2, 0) is 4.79 Å². The third kappa shape index (κ3) is 29.4. The first kappa shape index (κ1) is 40.5. The van der Waals surface area contributed by atoms with Gasteiger partial charge in [0.05, 0.1) is 24.9 Å². The zero-order valence-corrected chi connectivity index (χ0v) is 27.3. The molecular formula is C38H63NO4. The molecule has 0 aromatic carbocycles. The number of allylic oxidation sites excluding steroid dienone is 11. The molecule has 43 heavy (non-hydrogen) atoms. The van der Waals surface area contributed by atoms with E-state index in [1.165, 1.54) is 51.4 Å². The van der Waals surface area contributed by atoms with Gasteiger partial charge in [-0.1, -0.05) is 150 Å². The highest BCUT2D eigenvalue weighted by Gasteiger charge is 2.17. The van der Waals surface area contributed by atoms with Gasteiger partial charge in [-0.2, -0.15) is 0 Å². The fraction of sp³-hybridized carbons (Fsp3) is 0.605. The summed E-state index contributed by atoms with van der Waals surface area (Å²) in [6, 6.07) is -0.707. The van der Waals surface area contributed by atoms with E-state index in [0.29, 0.717) is 12.8 Å². The highest BCUT2D eigenvalue weighted by molar-refractivity contribution is 5.76.